The highest BCUT2D eigenvalue weighted by Gasteiger charge is 2.47. The molecule has 1 aliphatic carbocycles. The molecule has 8 nitrogen and oxygen atoms in total. The molecule has 0 bridgehead atoms. The maximum absolute atomic E-state index is 10.5. The van der Waals surface area contributed by atoms with Gasteiger partial charge in [-0.05, 0) is 32.4 Å². The van der Waals surface area contributed by atoms with E-state index in [0.717, 1.165) is 15.2 Å². The first-order valence-corrected chi connectivity index (χ1v) is 9.89. The van der Waals surface area contributed by atoms with E-state index in [1.807, 2.05) is 24.3 Å². The van der Waals surface area contributed by atoms with Gasteiger partial charge < -0.3 is 26.4 Å². The number of nitrogens with one attached hydrogen (secondary N) is 1. The largest absolute Gasteiger partial charge is 0.390 e. The summed E-state index contributed by atoms with van der Waals surface area (Å²) in [5, 5.41) is 35.1. The molecule has 1 saturated carbocycles. The number of aliphatic hydroxyl groups is 3. The summed E-state index contributed by atoms with van der Waals surface area (Å²) in [6.07, 6.45) is -0.0961. The van der Waals surface area contributed by atoms with E-state index in [0.29, 0.717) is 17.8 Å². The molecule has 2 aromatic heterocycles. The predicted octanol–water partition coefficient (Wildman–Crippen LogP) is 1.63. The van der Waals surface area contributed by atoms with Gasteiger partial charge in [-0.3, -0.25) is 0 Å². The first-order valence-electron chi connectivity index (χ1n) is 9.07. The van der Waals surface area contributed by atoms with E-state index < -0.39 is 29.8 Å². The van der Waals surface area contributed by atoms with Gasteiger partial charge in [0.15, 0.2) is 0 Å². The highest BCUT2D eigenvalue weighted by Crippen LogP contribution is 2.38. The highest BCUT2D eigenvalue weighted by atomic mass is 32.1. The Kier molecular flexibility index (Phi) is 4.70. The van der Waals surface area contributed by atoms with E-state index >= 15 is 0 Å². The molecule has 4 rings (SSSR count). The number of fused-ring (bicyclic) bond motifs is 1. The van der Waals surface area contributed by atoms with Crippen molar-refractivity contribution in [1.82, 2.24) is 15.0 Å². The molecule has 0 radical (unpaired) electrons. The summed E-state index contributed by atoms with van der Waals surface area (Å²) in [6.45, 7) is 3.26. The molecule has 0 amide bonds. The number of nitrogen functional groups attached to an aromatic ring is 1. The second-order valence-electron chi connectivity index (χ2n) is 7.71. The minimum Gasteiger partial charge on any atom is -0.390 e. The number of hydrogen-bond donors (Lipinski definition) is 5. The minimum absolute atomic E-state index is 0.0967. The minimum atomic E-state index is -1.11. The standard InChI is InChI=1S/C19H23N5O3S/c1-19(2,27)10-7-12(15(26)14(10)25)22-16-9(8-21-18(20)24-16)17-23-11-5-3-4-6-13(11)28-17/h3-6,8,10,12,14-15,25-27H,7H2,1-2H3,(H3,20,21,22,24). The van der Waals surface area contributed by atoms with Crippen LogP contribution in [0.3, 0.4) is 0 Å². The number of anilines is 2. The Balaban J connectivity index is 1.68. The third-order valence-corrected chi connectivity index (χ3v) is 6.31. The van der Waals surface area contributed by atoms with Crippen LogP contribution in [0.15, 0.2) is 30.5 Å². The zero-order chi connectivity index (χ0) is 20.1. The van der Waals surface area contributed by atoms with Gasteiger partial charge in [-0.2, -0.15) is 4.98 Å². The molecule has 28 heavy (non-hydrogen) atoms. The lowest BCUT2D eigenvalue weighted by molar-refractivity contribution is -0.0601. The molecular weight excluding hydrogens is 378 g/mol. The molecule has 0 spiro atoms. The monoisotopic (exact) mass is 401 g/mol. The summed E-state index contributed by atoms with van der Waals surface area (Å²) in [5.41, 5.74) is 6.22. The van der Waals surface area contributed by atoms with Gasteiger partial charge in [0.2, 0.25) is 5.95 Å². The van der Waals surface area contributed by atoms with Gasteiger partial charge >= 0.3 is 0 Å². The molecule has 4 unspecified atom stereocenters. The second kappa shape index (κ2) is 6.93. The summed E-state index contributed by atoms with van der Waals surface area (Å²) in [4.78, 5) is 13.0. The fourth-order valence-electron chi connectivity index (χ4n) is 3.70. The molecule has 148 valence electrons. The SMILES string of the molecule is CC(C)(O)C1CC(Nc2nc(N)ncc2-c2nc3ccccc3s2)C(O)C1O. The maximum atomic E-state index is 10.5. The molecule has 0 saturated heterocycles. The normalized spacial score (nSPS) is 25.3. The Morgan fingerprint density at radius 3 is 2.61 bits per heavy atom. The van der Waals surface area contributed by atoms with Crippen LogP contribution in [-0.2, 0) is 0 Å². The fraction of sp³-hybridized carbons (Fsp3) is 0.421. The van der Waals surface area contributed by atoms with Gasteiger partial charge in [-0.15, -0.1) is 11.3 Å². The average molecular weight is 401 g/mol. The van der Waals surface area contributed by atoms with Crippen LogP contribution in [0.25, 0.3) is 20.8 Å². The van der Waals surface area contributed by atoms with Crippen molar-refractivity contribution in [3.8, 4) is 10.6 Å². The number of aromatic nitrogens is 3. The molecule has 3 aromatic rings. The second-order valence-corrected chi connectivity index (χ2v) is 8.74. The predicted molar refractivity (Wildman–Crippen MR) is 109 cm³/mol. The zero-order valence-electron chi connectivity index (χ0n) is 15.6. The third-order valence-electron chi connectivity index (χ3n) is 5.24. The van der Waals surface area contributed by atoms with Crippen molar-refractivity contribution >= 4 is 33.3 Å². The number of thiazole rings is 1. The van der Waals surface area contributed by atoms with Crippen molar-refractivity contribution in [1.29, 1.82) is 0 Å². The lowest BCUT2D eigenvalue weighted by Crippen LogP contribution is -2.40. The van der Waals surface area contributed by atoms with Gasteiger partial charge in [-0.1, -0.05) is 12.1 Å². The average Bonchev–Trinajstić information content (AvgIpc) is 3.18. The molecule has 2 heterocycles. The Hall–Kier alpha value is -2.33. The van der Waals surface area contributed by atoms with Crippen LogP contribution in [-0.4, -0.2) is 54.1 Å². The summed E-state index contributed by atoms with van der Waals surface area (Å²) < 4.78 is 1.04. The van der Waals surface area contributed by atoms with Crippen LogP contribution < -0.4 is 11.1 Å². The van der Waals surface area contributed by atoms with Gasteiger partial charge in [0.25, 0.3) is 0 Å². The van der Waals surface area contributed by atoms with Gasteiger partial charge in [0.05, 0.1) is 33.5 Å². The molecule has 0 aliphatic heterocycles. The number of rotatable bonds is 4. The topological polar surface area (TPSA) is 137 Å². The quantitative estimate of drug-likeness (QED) is 0.445. The van der Waals surface area contributed by atoms with E-state index in [9.17, 15) is 15.3 Å². The third kappa shape index (κ3) is 3.42. The van der Waals surface area contributed by atoms with Crippen molar-refractivity contribution in [2.24, 2.45) is 5.92 Å². The van der Waals surface area contributed by atoms with Crippen molar-refractivity contribution in [3.05, 3.63) is 30.5 Å². The van der Waals surface area contributed by atoms with Crippen molar-refractivity contribution in [3.63, 3.8) is 0 Å². The molecule has 1 fully saturated rings. The number of aliphatic hydroxyl groups excluding tert-OH is 2. The van der Waals surface area contributed by atoms with Crippen LogP contribution in [0.2, 0.25) is 0 Å². The Bertz CT molecular complexity index is 970. The molecule has 1 aliphatic rings. The van der Waals surface area contributed by atoms with E-state index in [4.69, 9.17) is 5.73 Å². The van der Waals surface area contributed by atoms with E-state index in [-0.39, 0.29) is 5.95 Å². The lowest BCUT2D eigenvalue weighted by Gasteiger charge is -2.28. The molecule has 6 N–H and O–H groups in total. The van der Waals surface area contributed by atoms with E-state index in [2.05, 4.69) is 20.3 Å². The highest BCUT2D eigenvalue weighted by molar-refractivity contribution is 7.21. The van der Waals surface area contributed by atoms with Crippen LogP contribution >= 0.6 is 11.3 Å². The number of nitrogens with two attached hydrogens (primary N) is 1. The Morgan fingerprint density at radius 1 is 1.18 bits per heavy atom. The first kappa shape index (κ1) is 19.0. The maximum Gasteiger partial charge on any atom is 0.221 e. The van der Waals surface area contributed by atoms with Crippen LogP contribution in [0.1, 0.15) is 20.3 Å². The summed E-state index contributed by atoms with van der Waals surface area (Å²) in [7, 11) is 0. The molecule has 1 aromatic carbocycles. The number of benzene rings is 1. The molecule has 4 atom stereocenters. The Morgan fingerprint density at radius 2 is 1.93 bits per heavy atom. The molecule has 9 heteroatoms. The van der Waals surface area contributed by atoms with Crippen molar-refractivity contribution in [2.75, 3.05) is 11.1 Å². The number of para-hydroxylation sites is 1. The summed E-state index contributed by atoms with van der Waals surface area (Å²) in [6, 6.07) is 7.32. The van der Waals surface area contributed by atoms with Crippen LogP contribution in [0.4, 0.5) is 11.8 Å². The van der Waals surface area contributed by atoms with Gasteiger partial charge in [0.1, 0.15) is 16.9 Å². The van der Waals surface area contributed by atoms with Crippen molar-refractivity contribution in [2.45, 2.75) is 44.1 Å². The lowest BCUT2D eigenvalue weighted by atomic mass is 9.88. The fourth-order valence-corrected chi connectivity index (χ4v) is 4.68. The van der Waals surface area contributed by atoms with E-state index in [1.165, 1.54) is 11.3 Å². The van der Waals surface area contributed by atoms with E-state index in [1.54, 1.807) is 20.0 Å². The van der Waals surface area contributed by atoms with Gasteiger partial charge in [-0.25, -0.2) is 9.97 Å². The Labute approximate surface area is 166 Å². The van der Waals surface area contributed by atoms with Gasteiger partial charge in [0, 0.05) is 12.1 Å². The molecular formula is C19H23N5O3S. The summed E-state index contributed by atoms with van der Waals surface area (Å²) >= 11 is 1.51. The zero-order valence-corrected chi connectivity index (χ0v) is 16.4. The smallest absolute Gasteiger partial charge is 0.221 e. The number of hydrogen-bond acceptors (Lipinski definition) is 9. The van der Waals surface area contributed by atoms with Crippen LogP contribution in [0, 0.1) is 5.92 Å². The first-order chi connectivity index (χ1) is 13.2. The van der Waals surface area contributed by atoms with Crippen molar-refractivity contribution < 1.29 is 15.3 Å². The van der Waals surface area contributed by atoms with Crippen LogP contribution in [0.5, 0.6) is 0 Å². The summed E-state index contributed by atoms with van der Waals surface area (Å²) in [5.74, 6) is 0.0729. The number of nitrogens with zero attached hydrogens (tertiary/aromatic N) is 3.